The van der Waals surface area contributed by atoms with Crippen LogP contribution in [0.4, 0.5) is 5.13 Å². The maximum Gasteiger partial charge on any atom is 0.223 e. The third-order valence-corrected chi connectivity index (χ3v) is 3.32. The average molecular weight is 251 g/mol. The molecular formula is C10H13N5OS. The molecule has 1 aliphatic carbocycles. The van der Waals surface area contributed by atoms with Crippen LogP contribution in [0.2, 0.25) is 0 Å². The molecule has 0 saturated heterocycles. The molecule has 2 aromatic heterocycles. The van der Waals surface area contributed by atoms with E-state index in [0.29, 0.717) is 17.6 Å². The lowest BCUT2D eigenvalue weighted by Gasteiger charge is -2.06. The summed E-state index contributed by atoms with van der Waals surface area (Å²) in [7, 11) is 0. The molecule has 0 aromatic carbocycles. The summed E-state index contributed by atoms with van der Waals surface area (Å²) in [6.45, 7) is 3.75. The number of nitrogens with zero attached hydrogens (tertiary/aromatic N) is 4. The van der Waals surface area contributed by atoms with Crippen LogP contribution in [0.15, 0.2) is 4.52 Å². The molecule has 3 rings (SSSR count). The molecule has 1 unspecified atom stereocenters. The monoisotopic (exact) mass is 251 g/mol. The molecule has 0 bridgehead atoms. The minimum atomic E-state index is -0.0209. The second-order valence-electron chi connectivity index (χ2n) is 4.27. The van der Waals surface area contributed by atoms with Gasteiger partial charge < -0.3 is 9.84 Å². The first kappa shape index (κ1) is 10.6. The first-order chi connectivity index (χ1) is 8.22. The zero-order chi connectivity index (χ0) is 11.8. The lowest BCUT2D eigenvalue weighted by Crippen LogP contribution is -2.08. The van der Waals surface area contributed by atoms with Gasteiger partial charge in [-0.15, -0.1) is 0 Å². The molecule has 1 fully saturated rings. The Hall–Kier alpha value is -1.50. The van der Waals surface area contributed by atoms with Gasteiger partial charge in [0.05, 0.1) is 6.04 Å². The molecule has 7 heteroatoms. The van der Waals surface area contributed by atoms with E-state index in [0.717, 1.165) is 11.0 Å². The number of aryl methyl sites for hydroxylation is 1. The summed E-state index contributed by atoms with van der Waals surface area (Å²) in [6.07, 6.45) is 2.44. The zero-order valence-electron chi connectivity index (χ0n) is 9.67. The van der Waals surface area contributed by atoms with E-state index in [9.17, 15) is 0 Å². The summed E-state index contributed by atoms with van der Waals surface area (Å²) in [6, 6.07) is -0.0209. The molecule has 1 aliphatic rings. The van der Waals surface area contributed by atoms with E-state index >= 15 is 0 Å². The minimum Gasteiger partial charge on any atom is -0.350 e. The van der Waals surface area contributed by atoms with Crippen LogP contribution in [0, 0.1) is 6.92 Å². The molecule has 0 spiro atoms. The molecule has 0 amide bonds. The van der Waals surface area contributed by atoms with Gasteiger partial charge in [-0.25, -0.2) is 4.98 Å². The summed E-state index contributed by atoms with van der Waals surface area (Å²) >= 11 is 1.39. The van der Waals surface area contributed by atoms with Gasteiger partial charge in [0, 0.05) is 24.4 Å². The van der Waals surface area contributed by atoms with Crippen LogP contribution >= 0.6 is 11.5 Å². The molecule has 17 heavy (non-hydrogen) atoms. The van der Waals surface area contributed by atoms with E-state index in [-0.39, 0.29) is 6.04 Å². The van der Waals surface area contributed by atoms with Crippen molar-refractivity contribution in [1.82, 2.24) is 19.5 Å². The van der Waals surface area contributed by atoms with E-state index in [4.69, 9.17) is 4.52 Å². The van der Waals surface area contributed by atoms with E-state index in [1.165, 1.54) is 24.4 Å². The fraction of sp³-hybridized carbons (Fsp3) is 0.600. The number of nitrogens with one attached hydrogen (secondary N) is 1. The lowest BCUT2D eigenvalue weighted by atomic mass is 10.3. The van der Waals surface area contributed by atoms with E-state index in [1.54, 1.807) is 6.92 Å². The van der Waals surface area contributed by atoms with Crippen LogP contribution in [-0.2, 0) is 0 Å². The second kappa shape index (κ2) is 4.06. The number of hydrogen-bond acceptors (Lipinski definition) is 7. The van der Waals surface area contributed by atoms with E-state index in [2.05, 4.69) is 24.8 Å². The molecular weight excluding hydrogens is 238 g/mol. The predicted molar refractivity (Wildman–Crippen MR) is 63.0 cm³/mol. The molecule has 1 atom stereocenters. The van der Waals surface area contributed by atoms with E-state index in [1.807, 2.05) is 6.92 Å². The Labute approximate surface area is 103 Å². The minimum absolute atomic E-state index is 0.0209. The highest BCUT2D eigenvalue weighted by Crippen LogP contribution is 2.39. The van der Waals surface area contributed by atoms with Crippen LogP contribution in [-0.4, -0.2) is 19.5 Å². The van der Waals surface area contributed by atoms with Gasteiger partial charge in [-0.3, -0.25) is 0 Å². The average Bonchev–Trinajstić information content (AvgIpc) is 2.90. The molecule has 0 aliphatic heterocycles. The van der Waals surface area contributed by atoms with Crippen LogP contribution < -0.4 is 5.32 Å². The second-order valence-corrected chi connectivity index (χ2v) is 5.02. The van der Waals surface area contributed by atoms with Gasteiger partial charge >= 0.3 is 0 Å². The first-order valence-corrected chi connectivity index (χ1v) is 6.40. The predicted octanol–water partition coefficient (Wildman–Crippen LogP) is 2.28. The van der Waals surface area contributed by atoms with Crippen LogP contribution in [0.1, 0.15) is 49.3 Å². The maximum atomic E-state index is 4.94. The Balaban J connectivity index is 1.68. The third-order valence-electron chi connectivity index (χ3n) is 2.65. The Morgan fingerprint density at radius 3 is 2.88 bits per heavy atom. The summed E-state index contributed by atoms with van der Waals surface area (Å²) in [5.41, 5.74) is 0. The summed E-state index contributed by atoms with van der Waals surface area (Å²) in [5.74, 6) is 2.77. The molecule has 2 heterocycles. The number of anilines is 1. The lowest BCUT2D eigenvalue weighted by molar-refractivity contribution is 0.385. The summed E-state index contributed by atoms with van der Waals surface area (Å²) < 4.78 is 9.28. The van der Waals surface area contributed by atoms with Crippen molar-refractivity contribution >= 4 is 16.7 Å². The van der Waals surface area contributed by atoms with Crippen molar-refractivity contribution in [2.75, 3.05) is 5.32 Å². The molecule has 2 aromatic rings. The van der Waals surface area contributed by atoms with Crippen LogP contribution in [0.3, 0.4) is 0 Å². The third kappa shape index (κ3) is 2.28. The van der Waals surface area contributed by atoms with Crippen LogP contribution in [0.5, 0.6) is 0 Å². The zero-order valence-corrected chi connectivity index (χ0v) is 10.5. The van der Waals surface area contributed by atoms with Gasteiger partial charge in [0.1, 0.15) is 5.82 Å². The highest BCUT2D eigenvalue weighted by molar-refractivity contribution is 7.09. The Morgan fingerprint density at radius 1 is 1.41 bits per heavy atom. The van der Waals surface area contributed by atoms with E-state index < -0.39 is 0 Å². The molecule has 6 nitrogen and oxygen atoms in total. The van der Waals surface area contributed by atoms with Gasteiger partial charge in [0.2, 0.25) is 11.0 Å². The Morgan fingerprint density at radius 2 is 2.24 bits per heavy atom. The maximum absolute atomic E-state index is 4.94. The van der Waals surface area contributed by atoms with Crippen molar-refractivity contribution in [2.45, 2.75) is 38.6 Å². The SMILES string of the molecule is Cc1nc(C(C)Nc2nc(C3CC3)ns2)no1. The number of hydrogen-bond donors (Lipinski definition) is 1. The Bertz CT molecular complexity index is 518. The van der Waals surface area contributed by atoms with Crippen molar-refractivity contribution < 1.29 is 4.52 Å². The normalized spacial score (nSPS) is 17.1. The van der Waals surface area contributed by atoms with Gasteiger partial charge in [-0.2, -0.15) is 9.36 Å². The van der Waals surface area contributed by atoms with Crippen LogP contribution in [0.25, 0.3) is 0 Å². The summed E-state index contributed by atoms with van der Waals surface area (Å²) in [5, 5.41) is 7.93. The van der Waals surface area contributed by atoms with Crippen molar-refractivity contribution in [3.8, 4) is 0 Å². The molecule has 90 valence electrons. The van der Waals surface area contributed by atoms with Gasteiger partial charge in [-0.05, 0) is 19.8 Å². The standard InChI is InChI=1S/C10H13N5OS/c1-5(8-12-6(2)16-14-8)11-10-13-9(15-17-10)7-3-4-7/h5,7H,3-4H2,1-2H3,(H,11,13,15). The first-order valence-electron chi connectivity index (χ1n) is 5.62. The summed E-state index contributed by atoms with van der Waals surface area (Å²) in [4.78, 5) is 8.63. The largest absolute Gasteiger partial charge is 0.350 e. The molecule has 1 N–H and O–H groups in total. The van der Waals surface area contributed by atoms with Gasteiger partial charge in [0.25, 0.3) is 0 Å². The van der Waals surface area contributed by atoms with Gasteiger partial charge in [-0.1, -0.05) is 5.16 Å². The van der Waals surface area contributed by atoms with Gasteiger partial charge in [0.15, 0.2) is 5.82 Å². The Kier molecular flexibility index (Phi) is 2.54. The molecule has 0 radical (unpaired) electrons. The topological polar surface area (TPSA) is 76.7 Å². The molecule has 1 saturated carbocycles. The number of rotatable bonds is 4. The van der Waals surface area contributed by atoms with Crippen molar-refractivity contribution in [3.05, 3.63) is 17.5 Å². The fourth-order valence-corrected chi connectivity index (χ4v) is 2.28. The van der Waals surface area contributed by atoms with Crippen molar-refractivity contribution in [2.24, 2.45) is 0 Å². The highest BCUT2D eigenvalue weighted by atomic mass is 32.1. The highest BCUT2D eigenvalue weighted by Gasteiger charge is 2.28. The quantitative estimate of drug-likeness (QED) is 0.898. The fourth-order valence-electron chi connectivity index (χ4n) is 1.54. The smallest absolute Gasteiger partial charge is 0.223 e. The van der Waals surface area contributed by atoms with Crippen molar-refractivity contribution in [1.29, 1.82) is 0 Å². The van der Waals surface area contributed by atoms with Crippen molar-refractivity contribution in [3.63, 3.8) is 0 Å². The number of aromatic nitrogens is 4.